The molecule has 0 spiro atoms. The largest absolute Gasteiger partial charge is 0.393 e. The smallest absolute Gasteiger partial charge is 0.265 e. The van der Waals surface area contributed by atoms with Crippen LogP contribution in [0.5, 0.6) is 0 Å². The minimum absolute atomic E-state index is 0.118. The van der Waals surface area contributed by atoms with Gasteiger partial charge in [0.15, 0.2) is 0 Å². The molecule has 0 fully saturated rings. The molecule has 0 aliphatic heterocycles. The van der Waals surface area contributed by atoms with Gasteiger partial charge in [0.25, 0.3) is 10.0 Å². The molecule has 2 aromatic rings. The number of aromatic nitrogens is 2. The molecular weight excluding hydrogens is 296 g/mol. The van der Waals surface area contributed by atoms with Crippen LogP contribution in [-0.2, 0) is 23.5 Å². The van der Waals surface area contributed by atoms with Crippen molar-refractivity contribution in [3.05, 3.63) is 42.2 Å². The van der Waals surface area contributed by atoms with E-state index in [9.17, 15) is 8.42 Å². The second-order valence-electron chi connectivity index (χ2n) is 4.30. The van der Waals surface area contributed by atoms with Gasteiger partial charge in [-0.05, 0) is 17.7 Å². The average Bonchev–Trinajstić information content (AvgIpc) is 2.78. The van der Waals surface area contributed by atoms with Gasteiger partial charge in [-0.3, -0.25) is 9.40 Å². The molecule has 1 aromatic carbocycles. The van der Waals surface area contributed by atoms with Crippen LogP contribution in [0.25, 0.3) is 0 Å². The third-order valence-corrected chi connectivity index (χ3v) is 4.06. The van der Waals surface area contributed by atoms with Crippen LogP contribution in [0.3, 0.4) is 0 Å². The van der Waals surface area contributed by atoms with Crippen molar-refractivity contribution < 1.29 is 8.42 Å². The first kappa shape index (κ1) is 14.5. The summed E-state index contributed by atoms with van der Waals surface area (Å²) in [5.41, 5.74) is 6.86. The van der Waals surface area contributed by atoms with Crippen LogP contribution >= 0.6 is 12.2 Å². The maximum Gasteiger partial charge on any atom is 0.265 e. The summed E-state index contributed by atoms with van der Waals surface area (Å²) in [5, 5.41) is 3.84. The summed E-state index contributed by atoms with van der Waals surface area (Å²) in [6.07, 6.45) is 3.22. The molecule has 1 aromatic heterocycles. The minimum atomic E-state index is -3.61. The Bertz CT molecular complexity index is 720. The Morgan fingerprint density at radius 1 is 1.40 bits per heavy atom. The second-order valence-corrected chi connectivity index (χ2v) is 6.50. The summed E-state index contributed by atoms with van der Waals surface area (Å²) in [4.78, 5) is 0.515. The van der Waals surface area contributed by atoms with Gasteiger partial charge in [0, 0.05) is 25.4 Å². The van der Waals surface area contributed by atoms with Crippen LogP contribution in [0, 0.1) is 0 Å². The zero-order valence-electron chi connectivity index (χ0n) is 10.8. The van der Waals surface area contributed by atoms with E-state index in [0.717, 1.165) is 5.56 Å². The lowest BCUT2D eigenvalue weighted by Gasteiger charge is -2.07. The topological polar surface area (TPSA) is 90.0 Å². The van der Waals surface area contributed by atoms with E-state index in [2.05, 4.69) is 9.82 Å². The maximum absolute atomic E-state index is 12.1. The molecule has 0 aliphatic carbocycles. The molecule has 106 valence electrons. The van der Waals surface area contributed by atoms with Gasteiger partial charge in [-0.15, -0.1) is 0 Å². The van der Waals surface area contributed by atoms with Crippen molar-refractivity contribution in [3.8, 4) is 0 Å². The molecule has 20 heavy (non-hydrogen) atoms. The summed E-state index contributed by atoms with van der Waals surface area (Å²) >= 11 is 4.82. The second kappa shape index (κ2) is 5.59. The van der Waals surface area contributed by atoms with Gasteiger partial charge in [-0.25, -0.2) is 8.42 Å². The monoisotopic (exact) mass is 310 g/mol. The summed E-state index contributed by atoms with van der Waals surface area (Å²) < 4.78 is 28.1. The van der Waals surface area contributed by atoms with Crippen molar-refractivity contribution in [2.75, 3.05) is 4.72 Å². The Hall–Kier alpha value is -1.93. The molecule has 0 unspecified atom stereocenters. The van der Waals surface area contributed by atoms with E-state index in [1.54, 1.807) is 31.3 Å². The molecular formula is C12H14N4O2S2. The standard InChI is InChI=1S/C12H14N4O2S2/c1-16-8-11(7-14-16)20(17,18)15-10-4-2-9(3-5-10)6-12(13)19/h2-5,7-8,15H,6H2,1H3,(H2,13,19). The molecule has 0 saturated carbocycles. The van der Waals surface area contributed by atoms with Crippen molar-refractivity contribution in [2.24, 2.45) is 12.8 Å². The Morgan fingerprint density at radius 2 is 2.05 bits per heavy atom. The van der Waals surface area contributed by atoms with E-state index >= 15 is 0 Å². The van der Waals surface area contributed by atoms with Gasteiger partial charge < -0.3 is 5.73 Å². The normalized spacial score (nSPS) is 11.2. The molecule has 0 bridgehead atoms. The van der Waals surface area contributed by atoms with Gasteiger partial charge in [0.05, 0.1) is 11.2 Å². The highest BCUT2D eigenvalue weighted by Crippen LogP contribution is 2.16. The van der Waals surface area contributed by atoms with Crippen LogP contribution < -0.4 is 10.5 Å². The third-order valence-electron chi connectivity index (χ3n) is 2.58. The highest BCUT2D eigenvalue weighted by Gasteiger charge is 2.15. The van der Waals surface area contributed by atoms with Crippen molar-refractivity contribution >= 4 is 32.9 Å². The van der Waals surface area contributed by atoms with E-state index in [1.807, 2.05) is 0 Å². The number of sulfonamides is 1. The Kier molecular flexibility index (Phi) is 4.05. The van der Waals surface area contributed by atoms with Crippen molar-refractivity contribution in [2.45, 2.75) is 11.3 Å². The highest BCUT2D eigenvalue weighted by atomic mass is 32.2. The number of benzene rings is 1. The lowest BCUT2D eigenvalue weighted by molar-refractivity contribution is 0.601. The number of nitrogens with zero attached hydrogens (tertiary/aromatic N) is 2. The summed E-state index contributed by atoms with van der Waals surface area (Å²) in [7, 11) is -1.96. The maximum atomic E-state index is 12.1. The van der Waals surface area contributed by atoms with Crippen LogP contribution in [0.15, 0.2) is 41.6 Å². The number of aryl methyl sites for hydroxylation is 1. The number of nitrogens with two attached hydrogens (primary N) is 1. The number of hydrogen-bond acceptors (Lipinski definition) is 4. The van der Waals surface area contributed by atoms with Gasteiger partial charge in [0.1, 0.15) is 4.90 Å². The fourth-order valence-electron chi connectivity index (χ4n) is 1.64. The molecule has 0 atom stereocenters. The highest BCUT2D eigenvalue weighted by molar-refractivity contribution is 7.92. The van der Waals surface area contributed by atoms with Gasteiger partial charge in [-0.1, -0.05) is 24.4 Å². The molecule has 6 nitrogen and oxygen atoms in total. The molecule has 0 aliphatic rings. The number of thiocarbonyl (C=S) groups is 1. The first-order valence-corrected chi connectivity index (χ1v) is 7.65. The predicted octanol–water partition coefficient (Wildman–Crippen LogP) is 1.05. The van der Waals surface area contributed by atoms with Crippen LogP contribution in [0.1, 0.15) is 5.56 Å². The zero-order valence-corrected chi connectivity index (χ0v) is 12.4. The van der Waals surface area contributed by atoms with E-state index in [1.165, 1.54) is 17.1 Å². The van der Waals surface area contributed by atoms with Crippen molar-refractivity contribution in [1.29, 1.82) is 0 Å². The van der Waals surface area contributed by atoms with E-state index in [4.69, 9.17) is 18.0 Å². The number of nitrogens with one attached hydrogen (secondary N) is 1. The first-order valence-electron chi connectivity index (χ1n) is 5.75. The zero-order chi connectivity index (χ0) is 14.8. The lowest BCUT2D eigenvalue weighted by atomic mass is 10.1. The molecule has 0 amide bonds. The van der Waals surface area contributed by atoms with Gasteiger partial charge >= 0.3 is 0 Å². The fraction of sp³-hybridized carbons (Fsp3) is 0.167. The Balaban J connectivity index is 2.15. The fourth-order valence-corrected chi connectivity index (χ4v) is 2.85. The third kappa shape index (κ3) is 3.55. The number of rotatable bonds is 5. The average molecular weight is 310 g/mol. The summed E-state index contributed by atoms with van der Waals surface area (Å²) in [6, 6.07) is 6.89. The quantitative estimate of drug-likeness (QED) is 0.806. The summed E-state index contributed by atoms with van der Waals surface area (Å²) in [6.45, 7) is 0. The van der Waals surface area contributed by atoms with Crippen molar-refractivity contribution in [1.82, 2.24) is 9.78 Å². The van der Waals surface area contributed by atoms with Crippen LogP contribution in [0.4, 0.5) is 5.69 Å². The minimum Gasteiger partial charge on any atom is -0.393 e. The van der Waals surface area contributed by atoms with Gasteiger partial charge in [0.2, 0.25) is 0 Å². The Labute approximate surface area is 122 Å². The van der Waals surface area contributed by atoms with E-state index in [-0.39, 0.29) is 4.90 Å². The number of hydrogen-bond donors (Lipinski definition) is 2. The molecule has 3 N–H and O–H groups in total. The van der Waals surface area contributed by atoms with Crippen molar-refractivity contribution in [3.63, 3.8) is 0 Å². The predicted molar refractivity (Wildman–Crippen MR) is 80.9 cm³/mol. The lowest BCUT2D eigenvalue weighted by Crippen LogP contribution is -2.13. The van der Waals surface area contributed by atoms with Gasteiger partial charge in [-0.2, -0.15) is 5.10 Å². The van der Waals surface area contributed by atoms with Crippen LogP contribution in [0.2, 0.25) is 0 Å². The molecule has 0 saturated heterocycles. The molecule has 1 heterocycles. The molecule has 0 radical (unpaired) electrons. The van der Waals surface area contributed by atoms with E-state index < -0.39 is 10.0 Å². The Morgan fingerprint density at radius 3 is 2.55 bits per heavy atom. The number of anilines is 1. The summed E-state index contributed by atoms with van der Waals surface area (Å²) in [5.74, 6) is 0. The van der Waals surface area contributed by atoms with E-state index in [0.29, 0.717) is 17.1 Å². The first-order chi connectivity index (χ1) is 9.37. The molecule has 8 heteroatoms. The SMILES string of the molecule is Cn1cc(S(=O)(=O)Nc2ccc(CC(N)=S)cc2)cn1. The van der Waals surface area contributed by atoms with Crippen LogP contribution in [-0.4, -0.2) is 23.2 Å². The molecule has 2 rings (SSSR count).